The number of aryl methyl sites for hydroxylation is 1. The molecule has 3 aromatic heterocycles. The van der Waals surface area contributed by atoms with Crippen LogP contribution in [0.25, 0.3) is 16.8 Å². The molecule has 0 saturated carbocycles. The molecule has 12 heteroatoms. The Morgan fingerprint density at radius 2 is 1.89 bits per heavy atom. The molecular formula is C32H35FN8O2S. The summed E-state index contributed by atoms with van der Waals surface area (Å²) in [4.78, 5) is 26.2. The summed E-state index contributed by atoms with van der Waals surface area (Å²) in [6.07, 6.45) is 5.43. The van der Waals surface area contributed by atoms with Crippen LogP contribution in [0.3, 0.4) is 0 Å². The molecule has 1 spiro atoms. The molecule has 10 nitrogen and oxygen atoms in total. The summed E-state index contributed by atoms with van der Waals surface area (Å²) in [6, 6.07) is 12.7. The maximum absolute atomic E-state index is 13.6. The summed E-state index contributed by atoms with van der Waals surface area (Å²) in [6.45, 7) is 6.40. The minimum Gasteiger partial charge on any atom is -0.389 e. The van der Waals surface area contributed by atoms with Gasteiger partial charge in [-0.1, -0.05) is 18.3 Å². The largest absolute Gasteiger partial charge is 0.389 e. The van der Waals surface area contributed by atoms with Gasteiger partial charge in [-0.15, -0.1) is 0 Å². The lowest BCUT2D eigenvalue weighted by atomic mass is 9.78. The standard InChI is InChI=1S/C32H35FN8O2S/c1-3-25-29(37(2)30-35-28(27(17-34)44-30)21-4-6-22(33)7-5-21)26-16-23(8-12-41(26)36-25)39-15-11-32(20-39)9-13-38(14-10-32)31(43)40-18-24(42)19-40/h4-8,12,16,24,42H,3,9-11,13-15,18-20H2,1-2H3. The first-order chi connectivity index (χ1) is 21.3. The minimum absolute atomic E-state index is 0.0569. The van der Waals surface area contributed by atoms with Crippen LogP contribution in [0, 0.1) is 22.6 Å². The van der Waals surface area contributed by atoms with Gasteiger partial charge in [-0.2, -0.15) is 10.4 Å². The topological polar surface area (TPSA) is 104 Å². The number of thiazole rings is 1. The molecular weight excluding hydrogens is 579 g/mol. The smallest absolute Gasteiger partial charge is 0.320 e. The molecule has 1 aromatic carbocycles. The van der Waals surface area contributed by atoms with Crippen molar-refractivity contribution < 1.29 is 14.3 Å². The van der Waals surface area contributed by atoms with Crippen LogP contribution in [0.5, 0.6) is 0 Å². The number of carbonyl (C=O) groups excluding carboxylic acids is 1. The third-order valence-electron chi connectivity index (χ3n) is 9.49. The van der Waals surface area contributed by atoms with Gasteiger partial charge in [0, 0.05) is 50.7 Å². The van der Waals surface area contributed by atoms with Gasteiger partial charge < -0.3 is 24.7 Å². The zero-order chi connectivity index (χ0) is 30.6. The van der Waals surface area contributed by atoms with Crippen molar-refractivity contribution in [2.24, 2.45) is 5.41 Å². The summed E-state index contributed by atoms with van der Waals surface area (Å²) in [5, 5.41) is 25.0. The van der Waals surface area contributed by atoms with E-state index in [9.17, 15) is 19.6 Å². The highest BCUT2D eigenvalue weighted by Crippen LogP contribution is 2.43. The molecule has 2 amide bonds. The number of fused-ring (bicyclic) bond motifs is 1. The zero-order valence-electron chi connectivity index (χ0n) is 24.9. The van der Waals surface area contributed by atoms with E-state index in [-0.39, 0.29) is 23.4 Å². The molecule has 4 aromatic rings. The maximum atomic E-state index is 13.6. The maximum Gasteiger partial charge on any atom is 0.320 e. The van der Waals surface area contributed by atoms with Crippen LogP contribution in [0.1, 0.15) is 36.8 Å². The van der Waals surface area contributed by atoms with Gasteiger partial charge in [0.25, 0.3) is 0 Å². The second kappa shape index (κ2) is 11.1. The average molecular weight is 615 g/mol. The van der Waals surface area contributed by atoms with E-state index in [0.29, 0.717) is 34.4 Å². The molecule has 3 saturated heterocycles. The Balaban J connectivity index is 1.12. The monoisotopic (exact) mass is 614 g/mol. The number of β-amino-alcohol motifs (C(OH)–C–C–N with tert-alkyl or cyclic N) is 1. The molecule has 3 aliphatic heterocycles. The first kappa shape index (κ1) is 28.6. The summed E-state index contributed by atoms with van der Waals surface area (Å²) >= 11 is 1.31. The number of aliphatic hydroxyl groups is 1. The fourth-order valence-corrected chi connectivity index (χ4v) is 7.70. The van der Waals surface area contributed by atoms with E-state index in [4.69, 9.17) is 10.1 Å². The number of hydrogen-bond donors (Lipinski definition) is 1. The molecule has 0 unspecified atom stereocenters. The molecule has 228 valence electrons. The van der Waals surface area contributed by atoms with Crippen LogP contribution in [0.2, 0.25) is 0 Å². The number of aliphatic hydroxyl groups excluding tert-OH is 1. The highest BCUT2D eigenvalue weighted by molar-refractivity contribution is 7.16. The normalized spacial score (nSPS) is 18.2. The fraction of sp³-hybridized carbons (Fsp3) is 0.438. The number of nitriles is 1. The van der Waals surface area contributed by atoms with E-state index in [1.807, 2.05) is 27.6 Å². The van der Waals surface area contributed by atoms with Gasteiger partial charge in [-0.25, -0.2) is 18.7 Å². The predicted molar refractivity (Wildman–Crippen MR) is 168 cm³/mol. The van der Waals surface area contributed by atoms with Crippen LogP contribution >= 0.6 is 11.3 Å². The van der Waals surface area contributed by atoms with Crippen molar-refractivity contribution in [1.82, 2.24) is 24.4 Å². The van der Waals surface area contributed by atoms with Gasteiger partial charge in [-0.05, 0) is 67.5 Å². The van der Waals surface area contributed by atoms with Crippen LogP contribution < -0.4 is 9.80 Å². The number of anilines is 3. The van der Waals surface area contributed by atoms with Gasteiger partial charge in [0.15, 0.2) is 5.13 Å². The summed E-state index contributed by atoms with van der Waals surface area (Å²) < 4.78 is 15.5. The van der Waals surface area contributed by atoms with E-state index in [2.05, 4.69) is 30.0 Å². The van der Waals surface area contributed by atoms with Gasteiger partial charge in [0.05, 0.1) is 36.1 Å². The molecule has 7 rings (SSSR count). The van der Waals surface area contributed by atoms with Crippen molar-refractivity contribution in [2.45, 2.75) is 38.7 Å². The summed E-state index contributed by atoms with van der Waals surface area (Å²) in [5.41, 5.74) is 5.44. The van der Waals surface area contributed by atoms with E-state index in [1.54, 1.807) is 17.0 Å². The highest BCUT2D eigenvalue weighted by atomic mass is 32.1. The molecule has 3 aliphatic rings. The molecule has 1 N–H and O–H groups in total. The van der Waals surface area contributed by atoms with Gasteiger partial charge in [0.1, 0.15) is 22.5 Å². The molecule has 0 aliphatic carbocycles. The number of hydrogen-bond acceptors (Lipinski definition) is 8. The number of amides is 2. The number of halogens is 1. The molecule has 6 heterocycles. The van der Waals surface area contributed by atoms with Gasteiger partial charge >= 0.3 is 6.03 Å². The Hall–Kier alpha value is -4.21. The van der Waals surface area contributed by atoms with Crippen molar-refractivity contribution in [3.05, 3.63) is 59.0 Å². The summed E-state index contributed by atoms with van der Waals surface area (Å²) in [5.74, 6) is -0.331. The summed E-state index contributed by atoms with van der Waals surface area (Å²) in [7, 11) is 1.96. The van der Waals surface area contributed by atoms with Crippen LogP contribution in [0.15, 0.2) is 42.6 Å². The number of likely N-dealkylation sites (tertiary alicyclic amines) is 2. The fourth-order valence-electron chi connectivity index (χ4n) is 6.85. The number of nitrogens with zero attached hydrogens (tertiary/aromatic N) is 8. The minimum atomic E-state index is -0.379. The third kappa shape index (κ3) is 4.94. The lowest BCUT2D eigenvalue weighted by molar-refractivity contribution is 0.00881. The van der Waals surface area contributed by atoms with Crippen LogP contribution in [-0.4, -0.2) is 88.0 Å². The number of urea groups is 1. The number of piperidine rings is 1. The third-order valence-corrected chi connectivity index (χ3v) is 10.5. The van der Waals surface area contributed by atoms with Crippen LogP contribution in [-0.2, 0) is 6.42 Å². The second-order valence-corrected chi connectivity index (χ2v) is 13.2. The molecule has 44 heavy (non-hydrogen) atoms. The van der Waals surface area contributed by atoms with Crippen molar-refractivity contribution in [3.8, 4) is 17.3 Å². The first-order valence-corrected chi connectivity index (χ1v) is 16.0. The van der Waals surface area contributed by atoms with E-state index in [1.165, 1.54) is 23.5 Å². The number of aromatic nitrogens is 3. The Bertz CT molecular complexity index is 1750. The average Bonchev–Trinajstić information content (AvgIpc) is 3.74. The van der Waals surface area contributed by atoms with E-state index in [0.717, 1.165) is 74.4 Å². The number of carbonyl (C=O) groups is 1. The van der Waals surface area contributed by atoms with E-state index < -0.39 is 0 Å². The first-order valence-electron chi connectivity index (χ1n) is 15.2. The van der Waals surface area contributed by atoms with Crippen molar-refractivity contribution in [1.29, 1.82) is 5.26 Å². The SMILES string of the molecule is CCc1nn2ccc(N3CCC4(CCN(C(=O)N5CC(O)C5)CC4)C3)cc2c1N(C)c1nc(-c2ccc(F)cc2)c(C#N)s1. The Kier molecular flexibility index (Phi) is 7.17. The Labute approximate surface area is 259 Å². The number of rotatable bonds is 5. The molecule has 3 fully saturated rings. The highest BCUT2D eigenvalue weighted by Gasteiger charge is 2.43. The molecule has 0 bridgehead atoms. The lowest BCUT2D eigenvalue weighted by Crippen LogP contribution is -2.59. The number of pyridine rings is 1. The van der Waals surface area contributed by atoms with Crippen molar-refractivity contribution in [3.63, 3.8) is 0 Å². The lowest BCUT2D eigenvalue weighted by Gasteiger charge is -2.44. The Morgan fingerprint density at radius 1 is 1.16 bits per heavy atom. The second-order valence-electron chi connectivity index (χ2n) is 12.2. The number of benzene rings is 1. The van der Waals surface area contributed by atoms with Crippen LogP contribution in [0.4, 0.5) is 25.7 Å². The van der Waals surface area contributed by atoms with E-state index >= 15 is 0 Å². The van der Waals surface area contributed by atoms with Crippen molar-refractivity contribution in [2.75, 3.05) is 56.1 Å². The van der Waals surface area contributed by atoms with Crippen molar-refractivity contribution >= 4 is 39.4 Å². The molecule has 0 radical (unpaired) electrons. The zero-order valence-corrected chi connectivity index (χ0v) is 25.7. The van der Waals surface area contributed by atoms with Gasteiger partial charge in [0.2, 0.25) is 0 Å². The molecule has 0 atom stereocenters. The Morgan fingerprint density at radius 3 is 2.57 bits per heavy atom. The quantitative estimate of drug-likeness (QED) is 0.342. The van der Waals surface area contributed by atoms with Gasteiger partial charge in [-0.3, -0.25) is 0 Å². The predicted octanol–water partition coefficient (Wildman–Crippen LogP) is 4.89.